The van der Waals surface area contributed by atoms with Crippen LogP contribution >= 0.6 is 0 Å². The predicted molar refractivity (Wildman–Crippen MR) is 90.9 cm³/mol. The summed E-state index contributed by atoms with van der Waals surface area (Å²) in [7, 11) is 8.04. The first kappa shape index (κ1) is 16.8. The highest BCUT2D eigenvalue weighted by atomic mass is 16.3. The summed E-state index contributed by atoms with van der Waals surface area (Å²) in [6, 6.07) is 8.46. The Bertz CT molecular complexity index is 503. The minimum absolute atomic E-state index is 0.167. The first-order valence-electron chi connectivity index (χ1n) is 7.83. The van der Waals surface area contributed by atoms with Gasteiger partial charge >= 0.3 is 0 Å². The zero-order valence-electron chi connectivity index (χ0n) is 14.2. The first-order chi connectivity index (χ1) is 10.5. The van der Waals surface area contributed by atoms with Crippen LogP contribution in [0, 0.1) is 0 Å². The molecule has 22 heavy (non-hydrogen) atoms. The third-order valence-corrected chi connectivity index (χ3v) is 3.95. The maximum absolute atomic E-state index is 9.67. The average molecular weight is 304 g/mol. The van der Waals surface area contributed by atoms with Crippen molar-refractivity contribution in [2.24, 2.45) is 4.99 Å². The molecule has 2 rings (SSSR count). The Morgan fingerprint density at radius 3 is 2.36 bits per heavy atom. The molecule has 5 heteroatoms. The normalized spacial score (nSPS) is 18.3. The number of guanidine groups is 1. The molecule has 1 aliphatic rings. The van der Waals surface area contributed by atoms with Gasteiger partial charge < -0.3 is 14.9 Å². The van der Waals surface area contributed by atoms with E-state index in [9.17, 15) is 5.11 Å². The number of hydrogen-bond acceptors (Lipinski definition) is 3. The molecule has 0 aliphatic carbocycles. The summed E-state index contributed by atoms with van der Waals surface area (Å²) < 4.78 is 0. The number of aliphatic hydroxyl groups excluding tert-OH is 1. The van der Waals surface area contributed by atoms with Crippen molar-refractivity contribution in [2.75, 3.05) is 41.3 Å². The molecule has 1 N–H and O–H groups in total. The van der Waals surface area contributed by atoms with Gasteiger partial charge in [0.15, 0.2) is 5.96 Å². The van der Waals surface area contributed by atoms with Crippen LogP contribution in [0.3, 0.4) is 0 Å². The Labute approximate surface area is 133 Å². The van der Waals surface area contributed by atoms with Crippen molar-refractivity contribution >= 4 is 5.96 Å². The highest BCUT2D eigenvalue weighted by Crippen LogP contribution is 2.17. The van der Waals surface area contributed by atoms with Crippen molar-refractivity contribution in [2.45, 2.75) is 25.6 Å². The van der Waals surface area contributed by atoms with E-state index in [2.05, 4.69) is 29.2 Å². The molecule has 0 bridgehead atoms. The molecule has 1 atom stereocenters. The molecule has 0 saturated carbocycles. The third kappa shape index (κ3) is 4.45. The van der Waals surface area contributed by atoms with Gasteiger partial charge in [-0.25, -0.2) is 4.99 Å². The van der Waals surface area contributed by atoms with Crippen molar-refractivity contribution in [3.63, 3.8) is 0 Å². The van der Waals surface area contributed by atoms with Gasteiger partial charge in [0.25, 0.3) is 0 Å². The van der Waals surface area contributed by atoms with Gasteiger partial charge in [0.05, 0.1) is 12.6 Å². The van der Waals surface area contributed by atoms with Crippen LogP contribution in [0.2, 0.25) is 0 Å². The van der Waals surface area contributed by atoms with Gasteiger partial charge in [-0.15, -0.1) is 0 Å². The second kappa shape index (κ2) is 7.61. The number of β-amino-alcohol motifs (C(OH)–C–C–N with tert-alkyl or cyclic N) is 1. The van der Waals surface area contributed by atoms with Crippen LogP contribution in [-0.2, 0) is 13.1 Å². The maximum atomic E-state index is 9.67. The van der Waals surface area contributed by atoms with Gasteiger partial charge in [-0.05, 0) is 17.5 Å². The molecule has 1 aromatic rings. The molecule has 0 spiro atoms. The van der Waals surface area contributed by atoms with E-state index in [0.29, 0.717) is 6.54 Å². The summed E-state index contributed by atoms with van der Waals surface area (Å²) in [4.78, 5) is 11.1. The standard InChI is InChI=1S/C17H28N4O/c1-19(2)17(20(3)4)18-11-14-7-5-6-8-15(14)12-21-10-9-16(22)13-21/h5-8,16,22H,9-13H2,1-4H3/t16-/m0/s1. The Morgan fingerprint density at radius 1 is 1.18 bits per heavy atom. The lowest BCUT2D eigenvalue weighted by molar-refractivity contribution is 0.174. The number of hydrogen-bond donors (Lipinski definition) is 1. The highest BCUT2D eigenvalue weighted by molar-refractivity contribution is 5.79. The predicted octanol–water partition coefficient (Wildman–Crippen LogP) is 1.23. The number of aliphatic imine (C=N–C) groups is 1. The number of nitrogens with zero attached hydrogens (tertiary/aromatic N) is 4. The smallest absolute Gasteiger partial charge is 0.195 e. The zero-order chi connectivity index (χ0) is 16.1. The molecule has 0 unspecified atom stereocenters. The van der Waals surface area contributed by atoms with Crippen molar-refractivity contribution in [1.82, 2.24) is 14.7 Å². The molecule has 0 amide bonds. The lowest BCUT2D eigenvalue weighted by atomic mass is 10.1. The quantitative estimate of drug-likeness (QED) is 0.671. The Kier molecular flexibility index (Phi) is 5.80. The Balaban J connectivity index is 2.09. The molecule has 0 aromatic heterocycles. The molecular formula is C17H28N4O. The van der Waals surface area contributed by atoms with Gasteiger partial charge in [0, 0.05) is 47.8 Å². The largest absolute Gasteiger partial charge is 0.392 e. The molecule has 1 saturated heterocycles. The summed E-state index contributed by atoms with van der Waals surface area (Å²) >= 11 is 0. The molecule has 122 valence electrons. The van der Waals surface area contributed by atoms with Crippen molar-refractivity contribution in [3.05, 3.63) is 35.4 Å². The Morgan fingerprint density at radius 2 is 1.82 bits per heavy atom. The van der Waals surface area contributed by atoms with Gasteiger partial charge in [-0.3, -0.25) is 4.90 Å². The summed E-state index contributed by atoms with van der Waals surface area (Å²) in [6.07, 6.45) is 0.713. The minimum atomic E-state index is -0.167. The molecule has 1 heterocycles. The fourth-order valence-corrected chi connectivity index (χ4v) is 2.90. The van der Waals surface area contributed by atoms with E-state index in [1.807, 2.05) is 38.0 Å². The van der Waals surface area contributed by atoms with E-state index in [-0.39, 0.29) is 6.10 Å². The lowest BCUT2D eigenvalue weighted by Crippen LogP contribution is -2.35. The fourth-order valence-electron chi connectivity index (χ4n) is 2.90. The number of benzene rings is 1. The van der Waals surface area contributed by atoms with Gasteiger partial charge in [0.1, 0.15) is 0 Å². The van der Waals surface area contributed by atoms with E-state index in [0.717, 1.165) is 32.0 Å². The summed E-state index contributed by atoms with van der Waals surface area (Å²) in [5, 5.41) is 9.67. The maximum Gasteiger partial charge on any atom is 0.195 e. The third-order valence-electron chi connectivity index (χ3n) is 3.95. The molecule has 1 aromatic carbocycles. The molecule has 0 radical (unpaired) electrons. The lowest BCUT2D eigenvalue weighted by Gasteiger charge is -2.23. The first-order valence-corrected chi connectivity index (χ1v) is 7.83. The molecule has 1 fully saturated rings. The number of aliphatic hydroxyl groups is 1. The SMILES string of the molecule is CN(C)C(=NCc1ccccc1CN1CC[C@H](O)C1)N(C)C. The Hall–Kier alpha value is -1.59. The zero-order valence-corrected chi connectivity index (χ0v) is 14.2. The topological polar surface area (TPSA) is 42.3 Å². The average Bonchev–Trinajstić information content (AvgIpc) is 2.85. The van der Waals surface area contributed by atoms with Crippen LogP contribution in [-0.4, -0.2) is 73.1 Å². The van der Waals surface area contributed by atoms with Crippen LogP contribution < -0.4 is 0 Å². The van der Waals surface area contributed by atoms with Gasteiger partial charge in [0.2, 0.25) is 0 Å². The molecule has 1 aliphatic heterocycles. The van der Waals surface area contributed by atoms with Crippen LogP contribution in [0.15, 0.2) is 29.3 Å². The minimum Gasteiger partial charge on any atom is -0.392 e. The van der Waals surface area contributed by atoms with Gasteiger partial charge in [-0.1, -0.05) is 24.3 Å². The summed E-state index contributed by atoms with van der Waals surface area (Å²) in [5.41, 5.74) is 2.56. The fraction of sp³-hybridized carbons (Fsp3) is 0.588. The van der Waals surface area contributed by atoms with E-state index >= 15 is 0 Å². The monoisotopic (exact) mass is 304 g/mol. The number of likely N-dealkylation sites (tertiary alicyclic amines) is 1. The van der Waals surface area contributed by atoms with E-state index < -0.39 is 0 Å². The van der Waals surface area contributed by atoms with E-state index in [1.165, 1.54) is 11.1 Å². The van der Waals surface area contributed by atoms with Crippen LogP contribution in [0.25, 0.3) is 0 Å². The van der Waals surface area contributed by atoms with E-state index in [4.69, 9.17) is 4.99 Å². The summed E-state index contributed by atoms with van der Waals surface area (Å²) in [6.45, 7) is 3.32. The van der Waals surface area contributed by atoms with Gasteiger partial charge in [-0.2, -0.15) is 0 Å². The van der Waals surface area contributed by atoms with Crippen LogP contribution in [0.5, 0.6) is 0 Å². The molecule has 5 nitrogen and oxygen atoms in total. The summed E-state index contributed by atoms with van der Waals surface area (Å²) in [5.74, 6) is 0.964. The molecular weight excluding hydrogens is 276 g/mol. The van der Waals surface area contributed by atoms with Crippen LogP contribution in [0.4, 0.5) is 0 Å². The van der Waals surface area contributed by atoms with Crippen molar-refractivity contribution < 1.29 is 5.11 Å². The highest BCUT2D eigenvalue weighted by Gasteiger charge is 2.20. The van der Waals surface area contributed by atoms with Crippen LogP contribution in [0.1, 0.15) is 17.5 Å². The van der Waals surface area contributed by atoms with Crippen molar-refractivity contribution in [1.29, 1.82) is 0 Å². The van der Waals surface area contributed by atoms with E-state index in [1.54, 1.807) is 0 Å². The second-order valence-electron chi connectivity index (χ2n) is 6.35. The second-order valence-corrected chi connectivity index (χ2v) is 6.35. The number of rotatable bonds is 4. The van der Waals surface area contributed by atoms with Crippen molar-refractivity contribution in [3.8, 4) is 0 Å².